The van der Waals surface area contributed by atoms with E-state index in [2.05, 4.69) is 10.5 Å². The largest absolute Gasteiger partial charge is 0.416 e. The standard InChI is InChI=1S/C20H19F4N3O4S/c21-15-4-2-5-17(12-15)25-19(28)13-31-26-16-7-9-27(10-8-16)32(29,30)18-6-1-3-14(11-18)20(22,23)24/h1-6,11-12H,7-10,13H2,(H,25,28). The topological polar surface area (TPSA) is 88.1 Å². The van der Waals surface area contributed by atoms with Crippen molar-refractivity contribution < 1.29 is 35.6 Å². The fraction of sp³-hybridized carbons (Fsp3) is 0.300. The second-order valence-corrected chi connectivity index (χ2v) is 8.86. The monoisotopic (exact) mass is 473 g/mol. The highest BCUT2D eigenvalue weighted by molar-refractivity contribution is 7.89. The van der Waals surface area contributed by atoms with Crippen molar-refractivity contribution >= 4 is 27.3 Å². The first-order chi connectivity index (χ1) is 15.1. The molecule has 0 aromatic heterocycles. The number of oxime groups is 1. The molecule has 0 atom stereocenters. The van der Waals surface area contributed by atoms with Crippen LogP contribution in [0.1, 0.15) is 18.4 Å². The van der Waals surface area contributed by atoms with E-state index in [1.165, 1.54) is 18.2 Å². The third kappa shape index (κ3) is 6.04. The smallest absolute Gasteiger partial charge is 0.386 e. The van der Waals surface area contributed by atoms with Crippen LogP contribution in [0.25, 0.3) is 0 Å². The Morgan fingerprint density at radius 3 is 2.44 bits per heavy atom. The zero-order valence-corrected chi connectivity index (χ0v) is 17.4. The number of benzene rings is 2. The number of anilines is 1. The van der Waals surface area contributed by atoms with Crippen LogP contribution in [-0.4, -0.2) is 44.0 Å². The van der Waals surface area contributed by atoms with Crippen LogP contribution in [0.15, 0.2) is 58.6 Å². The summed E-state index contributed by atoms with van der Waals surface area (Å²) in [6, 6.07) is 8.91. The van der Waals surface area contributed by atoms with Gasteiger partial charge in [0.2, 0.25) is 10.0 Å². The molecular formula is C20H19F4N3O4S. The van der Waals surface area contributed by atoms with E-state index < -0.39 is 45.0 Å². The SMILES string of the molecule is O=C(CON=C1CCN(S(=O)(=O)c2cccc(C(F)(F)F)c2)CC1)Nc1cccc(F)c1. The highest BCUT2D eigenvalue weighted by atomic mass is 32.2. The molecule has 1 aliphatic rings. The van der Waals surface area contributed by atoms with Gasteiger partial charge in [0.1, 0.15) is 5.82 Å². The summed E-state index contributed by atoms with van der Waals surface area (Å²) in [5.41, 5.74) is -0.263. The van der Waals surface area contributed by atoms with E-state index in [0.717, 1.165) is 28.6 Å². The summed E-state index contributed by atoms with van der Waals surface area (Å²) in [7, 11) is -4.10. The van der Waals surface area contributed by atoms with E-state index in [9.17, 15) is 30.8 Å². The second-order valence-electron chi connectivity index (χ2n) is 6.92. The van der Waals surface area contributed by atoms with Gasteiger partial charge in [0, 0.05) is 31.6 Å². The van der Waals surface area contributed by atoms with Crippen LogP contribution in [0.5, 0.6) is 0 Å². The molecule has 1 saturated heterocycles. The molecule has 0 spiro atoms. The summed E-state index contributed by atoms with van der Waals surface area (Å²) in [6.07, 6.45) is -4.25. The minimum Gasteiger partial charge on any atom is -0.386 e. The lowest BCUT2D eigenvalue weighted by molar-refractivity contribution is -0.137. The summed E-state index contributed by atoms with van der Waals surface area (Å²) < 4.78 is 78.2. The number of rotatable bonds is 6. The van der Waals surface area contributed by atoms with E-state index in [1.54, 1.807) is 0 Å². The Morgan fingerprint density at radius 2 is 1.78 bits per heavy atom. The number of carbonyl (C=O) groups excluding carboxylic acids is 1. The van der Waals surface area contributed by atoms with Crippen molar-refractivity contribution in [2.24, 2.45) is 5.16 Å². The van der Waals surface area contributed by atoms with Gasteiger partial charge >= 0.3 is 6.18 Å². The van der Waals surface area contributed by atoms with E-state index in [0.29, 0.717) is 11.8 Å². The van der Waals surface area contributed by atoms with Crippen LogP contribution >= 0.6 is 0 Å². The van der Waals surface area contributed by atoms with Crippen LogP contribution in [0.3, 0.4) is 0 Å². The van der Waals surface area contributed by atoms with Crippen molar-refractivity contribution in [3.63, 3.8) is 0 Å². The normalized spacial score (nSPS) is 15.3. The number of alkyl halides is 3. The van der Waals surface area contributed by atoms with Crippen molar-refractivity contribution in [2.45, 2.75) is 23.9 Å². The van der Waals surface area contributed by atoms with Gasteiger partial charge < -0.3 is 10.2 Å². The van der Waals surface area contributed by atoms with Crippen molar-refractivity contribution in [3.8, 4) is 0 Å². The second kappa shape index (κ2) is 9.65. The molecule has 1 fully saturated rings. The lowest BCUT2D eigenvalue weighted by Gasteiger charge is -2.26. The van der Waals surface area contributed by atoms with Gasteiger partial charge in [0.25, 0.3) is 5.91 Å². The molecule has 1 N–H and O–H groups in total. The average molecular weight is 473 g/mol. The fourth-order valence-electron chi connectivity index (χ4n) is 3.00. The van der Waals surface area contributed by atoms with E-state index in [1.807, 2.05) is 0 Å². The van der Waals surface area contributed by atoms with Gasteiger partial charge in [-0.1, -0.05) is 17.3 Å². The molecule has 32 heavy (non-hydrogen) atoms. The van der Waals surface area contributed by atoms with E-state index in [4.69, 9.17) is 4.84 Å². The molecule has 0 saturated carbocycles. The molecule has 0 bridgehead atoms. The first kappa shape index (κ1) is 23.7. The quantitative estimate of drug-likeness (QED) is 0.513. The van der Waals surface area contributed by atoms with Crippen LogP contribution in [0, 0.1) is 5.82 Å². The number of halogens is 4. The summed E-state index contributed by atoms with van der Waals surface area (Å²) in [6.45, 7) is -0.404. The Morgan fingerprint density at radius 1 is 1.09 bits per heavy atom. The fourth-order valence-corrected chi connectivity index (χ4v) is 4.49. The van der Waals surface area contributed by atoms with Crippen molar-refractivity contribution in [1.82, 2.24) is 4.31 Å². The lowest BCUT2D eigenvalue weighted by Crippen LogP contribution is -2.38. The van der Waals surface area contributed by atoms with Crippen LogP contribution < -0.4 is 5.32 Å². The molecule has 1 amide bonds. The first-order valence-electron chi connectivity index (χ1n) is 9.46. The van der Waals surface area contributed by atoms with Gasteiger partial charge in [-0.15, -0.1) is 0 Å². The van der Waals surface area contributed by atoms with Gasteiger partial charge in [0.05, 0.1) is 16.2 Å². The molecule has 2 aromatic rings. The van der Waals surface area contributed by atoms with Crippen molar-refractivity contribution in [3.05, 3.63) is 59.9 Å². The Kier molecular flexibility index (Phi) is 7.14. The number of hydrogen-bond acceptors (Lipinski definition) is 5. The number of amides is 1. The number of nitrogens with zero attached hydrogens (tertiary/aromatic N) is 2. The zero-order valence-electron chi connectivity index (χ0n) is 16.6. The van der Waals surface area contributed by atoms with Gasteiger partial charge in [0.15, 0.2) is 6.61 Å². The first-order valence-corrected chi connectivity index (χ1v) is 10.9. The molecule has 0 radical (unpaired) electrons. The summed E-state index contributed by atoms with van der Waals surface area (Å²) in [4.78, 5) is 16.4. The third-order valence-corrected chi connectivity index (χ3v) is 6.49. The van der Waals surface area contributed by atoms with Crippen LogP contribution in [-0.2, 0) is 25.8 Å². The maximum atomic E-state index is 13.1. The number of piperidine rings is 1. The predicted molar refractivity (Wildman–Crippen MR) is 108 cm³/mol. The zero-order chi connectivity index (χ0) is 23.4. The van der Waals surface area contributed by atoms with Gasteiger partial charge in [-0.2, -0.15) is 17.5 Å². The maximum Gasteiger partial charge on any atom is 0.416 e. The van der Waals surface area contributed by atoms with Gasteiger partial charge in [-0.25, -0.2) is 12.8 Å². The number of sulfonamides is 1. The van der Waals surface area contributed by atoms with Crippen LogP contribution in [0.4, 0.5) is 23.2 Å². The summed E-state index contributed by atoms with van der Waals surface area (Å²) in [5, 5.41) is 6.27. The third-order valence-electron chi connectivity index (χ3n) is 4.60. The number of carbonyl (C=O) groups is 1. The molecular weight excluding hydrogens is 454 g/mol. The predicted octanol–water partition coefficient (Wildman–Crippen LogP) is 3.64. The molecule has 2 aromatic carbocycles. The Hall–Kier alpha value is -2.99. The maximum absolute atomic E-state index is 13.1. The van der Waals surface area contributed by atoms with Gasteiger partial charge in [-0.3, -0.25) is 4.79 Å². The number of nitrogens with one attached hydrogen (secondary N) is 1. The Labute approximate surface area is 181 Å². The molecule has 1 heterocycles. The molecule has 0 unspecified atom stereocenters. The summed E-state index contributed by atoms with van der Waals surface area (Å²) >= 11 is 0. The van der Waals surface area contributed by atoms with Gasteiger partial charge in [-0.05, 0) is 36.4 Å². The van der Waals surface area contributed by atoms with E-state index in [-0.39, 0.29) is 31.6 Å². The van der Waals surface area contributed by atoms with E-state index >= 15 is 0 Å². The minimum absolute atomic E-state index is 0.0102. The molecule has 172 valence electrons. The Bertz CT molecular complexity index is 1110. The lowest BCUT2D eigenvalue weighted by atomic mass is 10.1. The molecule has 3 rings (SSSR count). The molecule has 0 aliphatic carbocycles. The average Bonchev–Trinajstić information content (AvgIpc) is 2.73. The van der Waals surface area contributed by atoms with Crippen molar-refractivity contribution in [2.75, 3.05) is 25.0 Å². The molecule has 12 heteroatoms. The van der Waals surface area contributed by atoms with Crippen LogP contribution in [0.2, 0.25) is 0 Å². The molecule has 1 aliphatic heterocycles. The highest BCUT2D eigenvalue weighted by Crippen LogP contribution is 2.31. The van der Waals surface area contributed by atoms with Crippen molar-refractivity contribution in [1.29, 1.82) is 0 Å². The highest BCUT2D eigenvalue weighted by Gasteiger charge is 2.33. The molecule has 7 nitrogen and oxygen atoms in total. The Balaban J connectivity index is 1.53. The summed E-state index contributed by atoms with van der Waals surface area (Å²) in [5.74, 6) is -1.06. The minimum atomic E-state index is -4.65. The number of hydrogen-bond donors (Lipinski definition) is 1.